The zero-order chi connectivity index (χ0) is 17.9. The van der Waals surface area contributed by atoms with E-state index in [0.717, 1.165) is 31.4 Å². The first-order valence-corrected chi connectivity index (χ1v) is 10.4. The second kappa shape index (κ2) is 7.58. The molecule has 2 aromatic rings. The number of rotatable bonds is 5. The highest BCUT2D eigenvalue weighted by Gasteiger charge is 2.29. The van der Waals surface area contributed by atoms with E-state index in [1.807, 2.05) is 6.07 Å². The third-order valence-electron chi connectivity index (χ3n) is 4.85. The van der Waals surface area contributed by atoms with E-state index in [2.05, 4.69) is 42.1 Å². The first kappa shape index (κ1) is 18.0. The molecule has 0 spiro atoms. The number of hydrogen-bond donors (Lipinski definition) is 2. The summed E-state index contributed by atoms with van der Waals surface area (Å²) in [7, 11) is -3.49. The summed E-state index contributed by atoms with van der Waals surface area (Å²) in [4.78, 5) is 0.325. The molecule has 2 N–H and O–H groups in total. The van der Waals surface area contributed by atoms with Crippen molar-refractivity contribution in [3.05, 3.63) is 59.7 Å². The Hall–Kier alpha value is -1.85. The normalized spacial score (nSPS) is 21.0. The number of nitrogens with one attached hydrogen (secondary N) is 2. The maximum absolute atomic E-state index is 12.7. The van der Waals surface area contributed by atoms with Gasteiger partial charge in [-0.25, -0.2) is 13.1 Å². The van der Waals surface area contributed by atoms with Crippen LogP contribution in [0.4, 0.5) is 5.69 Å². The van der Waals surface area contributed by atoms with Gasteiger partial charge in [-0.2, -0.15) is 0 Å². The van der Waals surface area contributed by atoms with Crippen LogP contribution in [0.2, 0.25) is 0 Å². The van der Waals surface area contributed by atoms with E-state index in [4.69, 9.17) is 0 Å². The van der Waals surface area contributed by atoms with E-state index in [1.165, 1.54) is 11.1 Å². The summed E-state index contributed by atoms with van der Waals surface area (Å²) in [6.07, 6.45) is 3.99. The molecule has 1 aliphatic rings. The minimum atomic E-state index is -3.49. The van der Waals surface area contributed by atoms with Gasteiger partial charge in [0.05, 0.1) is 4.90 Å². The van der Waals surface area contributed by atoms with Crippen LogP contribution in [0.25, 0.3) is 0 Å². The van der Waals surface area contributed by atoms with Gasteiger partial charge in [-0.3, -0.25) is 0 Å². The molecule has 0 aromatic heterocycles. The van der Waals surface area contributed by atoms with E-state index in [1.54, 1.807) is 24.3 Å². The van der Waals surface area contributed by atoms with Gasteiger partial charge < -0.3 is 5.32 Å². The Morgan fingerprint density at radius 3 is 2.28 bits per heavy atom. The lowest BCUT2D eigenvalue weighted by Crippen LogP contribution is -2.48. The van der Waals surface area contributed by atoms with Gasteiger partial charge in [0.25, 0.3) is 0 Å². The molecule has 0 unspecified atom stereocenters. The Labute approximate surface area is 150 Å². The Morgan fingerprint density at radius 2 is 1.60 bits per heavy atom. The molecule has 2 aromatic carbocycles. The first-order valence-electron chi connectivity index (χ1n) is 8.87. The molecule has 1 saturated carbocycles. The Bertz CT molecular complexity index is 819. The molecule has 0 amide bonds. The molecule has 134 valence electrons. The topological polar surface area (TPSA) is 58.2 Å². The fourth-order valence-corrected chi connectivity index (χ4v) is 4.82. The fourth-order valence-electron chi connectivity index (χ4n) is 3.49. The van der Waals surface area contributed by atoms with Gasteiger partial charge in [-0.15, -0.1) is 0 Å². The van der Waals surface area contributed by atoms with Crippen LogP contribution < -0.4 is 10.0 Å². The minimum Gasteiger partial charge on any atom is -0.380 e. The second-order valence-electron chi connectivity index (χ2n) is 6.89. The van der Waals surface area contributed by atoms with Gasteiger partial charge in [0, 0.05) is 17.8 Å². The highest BCUT2D eigenvalue weighted by atomic mass is 32.2. The largest absolute Gasteiger partial charge is 0.380 e. The van der Waals surface area contributed by atoms with E-state index < -0.39 is 10.0 Å². The standard InChI is InChI=1S/C20H26N2O2S/c1-15-12-13-18(16(2)14-15)21-19-10-6-7-11-20(19)22-25(23,24)17-8-4-3-5-9-17/h3-5,8-9,12-14,19-22H,6-7,10-11H2,1-2H3/t19-,20-/m1/s1. The summed E-state index contributed by atoms with van der Waals surface area (Å²) in [5.41, 5.74) is 3.50. The lowest BCUT2D eigenvalue weighted by atomic mass is 9.90. The quantitative estimate of drug-likeness (QED) is 0.849. The number of sulfonamides is 1. The van der Waals surface area contributed by atoms with Gasteiger partial charge in [-0.1, -0.05) is 48.7 Å². The van der Waals surface area contributed by atoms with E-state index >= 15 is 0 Å². The zero-order valence-electron chi connectivity index (χ0n) is 14.8. The average molecular weight is 359 g/mol. The van der Waals surface area contributed by atoms with Crippen molar-refractivity contribution in [3.8, 4) is 0 Å². The predicted octanol–water partition coefficient (Wildman–Crippen LogP) is 4.01. The Kier molecular flexibility index (Phi) is 5.45. The van der Waals surface area contributed by atoms with Crippen LogP contribution in [0, 0.1) is 13.8 Å². The Morgan fingerprint density at radius 1 is 0.920 bits per heavy atom. The van der Waals surface area contributed by atoms with Crippen LogP contribution >= 0.6 is 0 Å². The van der Waals surface area contributed by atoms with E-state index in [0.29, 0.717) is 4.90 Å². The molecule has 1 fully saturated rings. The highest BCUT2D eigenvalue weighted by molar-refractivity contribution is 7.89. The molecule has 3 rings (SSSR count). The minimum absolute atomic E-state index is 0.0975. The molecule has 0 heterocycles. The van der Waals surface area contributed by atoms with Crippen molar-refractivity contribution in [1.82, 2.24) is 4.72 Å². The van der Waals surface area contributed by atoms with Crippen LogP contribution in [-0.4, -0.2) is 20.5 Å². The van der Waals surface area contributed by atoms with E-state index in [9.17, 15) is 8.42 Å². The summed E-state index contributed by atoms with van der Waals surface area (Å²) in [5.74, 6) is 0. The van der Waals surface area contributed by atoms with Crippen LogP contribution in [-0.2, 0) is 10.0 Å². The number of benzene rings is 2. The van der Waals surface area contributed by atoms with Crippen LogP contribution in [0.1, 0.15) is 36.8 Å². The van der Waals surface area contributed by atoms with Gasteiger partial charge in [0.15, 0.2) is 0 Å². The molecule has 25 heavy (non-hydrogen) atoms. The molecule has 5 heteroatoms. The van der Waals surface area contributed by atoms with Crippen LogP contribution in [0.3, 0.4) is 0 Å². The molecular weight excluding hydrogens is 332 g/mol. The number of hydrogen-bond acceptors (Lipinski definition) is 3. The van der Waals surface area contributed by atoms with Crippen molar-refractivity contribution in [2.45, 2.75) is 56.5 Å². The molecule has 0 saturated heterocycles. The SMILES string of the molecule is Cc1ccc(N[C@@H]2CCCC[C@H]2NS(=O)(=O)c2ccccc2)c(C)c1. The summed E-state index contributed by atoms with van der Waals surface area (Å²) in [6, 6.07) is 14.9. The average Bonchev–Trinajstić information content (AvgIpc) is 2.59. The molecule has 1 aliphatic carbocycles. The van der Waals surface area contributed by atoms with Gasteiger partial charge in [0.1, 0.15) is 0 Å². The maximum Gasteiger partial charge on any atom is 0.240 e. The predicted molar refractivity (Wildman–Crippen MR) is 102 cm³/mol. The Balaban J connectivity index is 1.77. The molecule has 2 atom stereocenters. The van der Waals surface area contributed by atoms with Crippen molar-refractivity contribution in [2.75, 3.05) is 5.32 Å². The van der Waals surface area contributed by atoms with Crippen molar-refractivity contribution in [1.29, 1.82) is 0 Å². The van der Waals surface area contributed by atoms with Gasteiger partial charge in [0.2, 0.25) is 10.0 Å². The lowest BCUT2D eigenvalue weighted by molar-refractivity contribution is 0.378. The van der Waals surface area contributed by atoms with Gasteiger partial charge >= 0.3 is 0 Å². The van der Waals surface area contributed by atoms with Crippen LogP contribution in [0.5, 0.6) is 0 Å². The molecular formula is C20H26N2O2S. The molecule has 0 aliphatic heterocycles. The van der Waals surface area contributed by atoms with Crippen molar-refractivity contribution < 1.29 is 8.42 Å². The van der Waals surface area contributed by atoms with E-state index in [-0.39, 0.29) is 12.1 Å². The first-order chi connectivity index (χ1) is 12.0. The monoisotopic (exact) mass is 358 g/mol. The number of anilines is 1. The third-order valence-corrected chi connectivity index (χ3v) is 6.35. The fraction of sp³-hybridized carbons (Fsp3) is 0.400. The van der Waals surface area contributed by atoms with Crippen molar-refractivity contribution in [3.63, 3.8) is 0 Å². The molecule has 0 radical (unpaired) electrons. The van der Waals surface area contributed by atoms with Crippen molar-refractivity contribution >= 4 is 15.7 Å². The summed E-state index contributed by atoms with van der Waals surface area (Å²) in [6.45, 7) is 4.16. The summed E-state index contributed by atoms with van der Waals surface area (Å²) in [5, 5.41) is 3.57. The van der Waals surface area contributed by atoms with Gasteiger partial charge in [-0.05, 0) is 50.5 Å². The smallest absolute Gasteiger partial charge is 0.240 e. The van der Waals surface area contributed by atoms with Crippen molar-refractivity contribution in [2.24, 2.45) is 0 Å². The summed E-state index contributed by atoms with van der Waals surface area (Å²) >= 11 is 0. The highest BCUT2D eigenvalue weighted by Crippen LogP contribution is 2.26. The summed E-state index contributed by atoms with van der Waals surface area (Å²) < 4.78 is 28.3. The molecule has 0 bridgehead atoms. The maximum atomic E-state index is 12.7. The second-order valence-corrected chi connectivity index (χ2v) is 8.61. The molecule has 4 nitrogen and oxygen atoms in total. The lowest BCUT2D eigenvalue weighted by Gasteiger charge is -2.33. The number of aryl methyl sites for hydroxylation is 2. The zero-order valence-corrected chi connectivity index (χ0v) is 15.6. The third kappa shape index (κ3) is 4.41. The van der Waals surface area contributed by atoms with Crippen LogP contribution in [0.15, 0.2) is 53.4 Å².